The van der Waals surface area contributed by atoms with Gasteiger partial charge in [-0.15, -0.1) is 0 Å². The fourth-order valence-electron chi connectivity index (χ4n) is 2.64. The molecule has 19 heavy (non-hydrogen) atoms. The molecule has 2 rings (SSSR count). The van der Waals surface area contributed by atoms with Crippen LogP contribution in [0.5, 0.6) is 0 Å². The molecule has 3 atom stereocenters. The Morgan fingerprint density at radius 3 is 2.58 bits per heavy atom. The van der Waals surface area contributed by atoms with Gasteiger partial charge in [-0.3, -0.25) is 4.98 Å². The third-order valence-corrected chi connectivity index (χ3v) is 4.74. The first-order valence-electron chi connectivity index (χ1n) is 7.20. The van der Waals surface area contributed by atoms with E-state index in [4.69, 9.17) is 0 Å². The summed E-state index contributed by atoms with van der Waals surface area (Å²) in [7, 11) is 0. The molecule has 1 saturated heterocycles. The van der Waals surface area contributed by atoms with Crippen molar-refractivity contribution in [1.29, 1.82) is 0 Å². The van der Waals surface area contributed by atoms with Crippen molar-refractivity contribution in [3.05, 3.63) is 24.0 Å². The Labute approximate surface area is 121 Å². The first-order chi connectivity index (χ1) is 9.10. The molecular formula is C15H25N3S. The highest BCUT2D eigenvalue weighted by atomic mass is 32.2. The molecule has 3 nitrogen and oxygen atoms in total. The topological polar surface area (TPSA) is 28.2 Å². The zero-order valence-electron chi connectivity index (χ0n) is 12.4. The summed E-state index contributed by atoms with van der Waals surface area (Å²) in [4.78, 5) is 7.07. The predicted molar refractivity (Wildman–Crippen MR) is 85.1 cm³/mol. The Hall–Kier alpha value is -0.740. The maximum Gasteiger partial charge on any atom is 0.0572 e. The second-order valence-corrected chi connectivity index (χ2v) is 7.26. The summed E-state index contributed by atoms with van der Waals surface area (Å²) >= 11 is 2.08. The van der Waals surface area contributed by atoms with Crippen molar-refractivity contribution in [3.63, 3.8) is 0 Å². The third kappa shape index (κ3) is 3.86. The highest BCUT2D eigenvalue weighted by molar-refractivity contribution is 8.00. The number of nitrogens with zero attached hydrogens (tertiary/aromatic N) is 2. The molecule has 1 aromatic rings. The number of pyridine rings is 1. The van der Waals surface area contributed by atoms with E-state index >= 15 is 0 Å². The first-order valence-corrected chi connectivity index (χ1v) is 8.14. The molecule has 0 saturated carbocycles. The number of nitrogens with one attached hydrogen (secondary N) is 1. The Balaban J connectivity index is 2.05. The highest BCUT2D eigenvalue weighted by Gasteiger charge is 2.22. The van der Waals surface area contributed by atoms with E-state index in [1.54, 1.807) is 0 Å². The van der Waals surface area contributed by atoms with Crippen molar-refractivity contribution in [1.82, 2.24) is 10.3 Å². The fraction of sp³-hybridized carbons (Fsp3) is 0.667. The van der Waals surface area contributed by atoms with Gasteiger partial charge in [-0.05, 0) is 25.6 Å². The van der Waals surface area contributed by atoms with Gasteiger partial charge in [-0.1, -0.05) is 20.8 Å². The van der Waals surface area contributed by atoms with Gasteiger partial charge in [-0.2, -0.15) is 11.8 Å². The monoisotopic (exact) mass is 279 g/mol. The van der Waals surface area contributed by atoms with Crippen molar-refractivity contribution in [3.8, 4) is 0 Å². The highest BCUT2D eigenvalue weighted by Crippen LogP contribution is 2.28. The van der Waals surface area contributed by atoms with E-state index in [9.17, 15) is 0 Å². The van der Waals surface area contributed by atoms with Gasteiger partial charge in [-0.25, -0.2) is 0 Å². The van der Waals surface area contributed by atoms with Crippen molar-refractivity contribution in [2.75, 3.05) is 24.5 Å². The third-order valence-electron chi connectivity index (χ3n) is 3.51. The van der Waals surface area contributed by atoms with Crippen LogP contribution < -0.4 is 10.2 Å². The molecular weight excluding hydrogens is 254 g/mol. The Morgan fingerprint density at radius 1 is 1.37 bits per heavy atom. The van der Waals surface area contributed by atoms with Gasteiger partial charge in [0, 0.05) is 29.6 Å². The van der Waals surface area contributed by atoms with Gasteiger partial charge in [0.1, 0.15) is 0 Å². The van der Waals surface area contributed by atoms with E-state index in [2.05, 4.69) is 66.8 Å². The van der Waals surface area contributed by atoms with Gasteiger partial charge in [0.05, 0.1) is 17.6 Å². The second-order valence-electron chi connectivity index (χ2n) is 5.38. The molecule has 0 aliphatic carbocycles. The number of aromatic nitrogens is 1. The minimum Gasteiger partial charge on any atom is -0.368 e. The van der Waals surface area contributed by atoms with E-state index < -0.39 is 0 Å². The van der Waals surface area contributed by atoms with Gasteiger partial charge >= 0.3 is 0 Å². The summed E-state index contributed by atoms with van der Waals surface area (Å²) < 4.78 is 0. The average molecular weight is 279 g/mol. The quantitative estimate of drug-likeness (QED) is 0.917. The first kappa shape index (κ1) is 14.7. The zero-order chi connectivity index (χ0) is 13.8. The molecule has 0 spiro atoms. The van der Waals surface area contributed by atoms with Crippen LogP contribution in [0.1, 0.15) is 39.4 Å². The zero-order valence-corrected chi connectivity index (χ0v) is 13.2. The summed E-state index contributed by atoms with van der Waals surface area (Å²) in [5.41, 5.74) is 2.38. The van der Waals surface area contributed by atoms with Crippen molar-refractivity contribution < 1.29 is 0 Å². The average Bonchev–Trinajstić information content (AvgIpc) is 2.38. The fourth-order valence-corrected chi connectivity index (χ4v) is 3.97. The van der Waals surface area contributed by atoms with Crippen LogP contribution >= 0.6 is 11.8 Å². The molecule has 1 fully saturated rings. The van der Waals surface area contributed by atoms with E-state index in [0.29, 0.717) is 16.5 Å². The molecule has 106 valence electrons. The van der Waals surface area contributed by atoms with Crippen LogP contribution in [0.25, 0.3) is 0 Å². The molecule has 4 heteroatoms. The lowest BCUT2D eigenvalue weighted by molar-refractivity contribution is 0.583. The molecule has 1 aliphatic rings. The van der Waals surface area contributed by atoms with Crippen LogP contribution in [-0.4, -0.2) is 35.1 Å². The van der Waals surface area contributed by atoms with Crippen LogP contribution in [0, 0.1) is 0 Å². The number of thioether (sulfide) groups is 1. The van der Waals surface area contributed by atoms with E-state index in [0.717, 1.165) is 25.3 Å². The molecule has 0 aromatic carbocycles. The second kappa shape index (κ2) is 6.62. The van der Waals surface area contributed by atoms with E-state index in [1.165, 1.54) is 5.69 Å². The van der Waals surface area contributed by atoms with Crippen molar-refractivity contribution in [2.45, 2.75) is 44.2 Å². The maximum atomic E-state index is 4.61. The standard InChI is InChI=1S/C15H25N3S/c1-5-16-13(4)15-7-6-14(8-17-15)18-9-11(2)19-12(3)10-18/h6-8,11-13,16H,5,9-10H2,1-4H3. The Bertz CT molecular complexity index is 383. The number of hydrogen-bond donors (Lipinski definition) is 1. The molecule has 3 unspecified atom stereocenters. The Morgan fingerprint density at radius 2 is 2.05 bits per heavy atom. The summed E-state index contributed by atoms with van der Waals surface area (Å²) in [6, 6.07) is 4.69. The van der Waals surface area contributed by atoms with E-state index in [1.807, 2.05) is 6.20 Å². The van der Waals surface area contributed by atoms with Crippen LogP contribution in [0.15, 0.2) is 18.3 Å². The molecule has 0 radical (unpaired) electrons. The van der Waals surface area contributed by atoms with Crippen LogP contribution in [0.4, 0.5) is 5.69 Å². The lowest BCUT2D eigenvalue weighted by atomic mass is 10.2. The Kier molecular flexibility index (Phi) is 5.11. The summed E-state index contributed by atoms with van der Waals surface area (Å²) in [6.45, 7) is 12.1. The van der Waals surface area contributed by atoms with Crippen LogP contribution in [-0.2, 0) is 0 Å². The van der Waals surface area contributed by atoms with Crippen LogP contribution in [0.2, 0.25) is 0 Å². The van der Waals surface area contributed by atoms with Gasteiger partial charge in [0.15, 0.2) is 0 Å². The minimum atomic E-state index is 0.328. The van der Waals surface area contributed by atoms with Crippen LogP contribution in [0.3, 0.4) is 0 Å². The lowest BCUT2D eigenvalue weighted by Gasteiger charge is -2.36. The van der Waals surface area contributed by atoms with Gasteiger partial charge in [0.25, 0.3) is 0 Å². The number of rotatable bonds is 4. The maximum absolute atomic E-state index is 4.61. The van der Waals surface area contributed by atoms with Crippen molar-refractivity contribution >= 4 is 17.4 Å². The predicted octanol–water partition coefficient (Wildman–Crippen LogP) is 3.08. The van der Waals surface area contributed by atoms with Crippen molar-refractivity contribution in [2.24, 2.45) is 0 Å². The SMILES string of the molecule is CCNC(C)c1ccc(N2CC(C)SC(C)C2)cn1. The molecule has 0 amide bonds. The lowest BCUT2D eigenvalue weighted by Crippen LogP contribution is -2.40. The largest absolute Gasteiger partial charge is 0.368 e. The summed E-state index contributed by atoms with van der Waals surface area (Å²) in [6.07, 6.45) is 2.03. The number of anilines is 1. The molecule has 2 heterocycles. The van der Waals surface area contributed by atoms with E-state index in [-0.39, 0.29) is 0 Å². The number of hydrogen-bond acceptors (Lipinski definition) is 4. The van der Waals surface area contributed by atoms with Gasteiger partial charge in [0.2, 0.25) is 0 Å². The summed E-state index contributed by atoms with van der Waals surface area (Å²) in [5.74, 6) is 0. The molecule has 1 aliphatic heterocycles. The molecule has 1 N–H and O–H groups in total. The minimum absolute atomic E-state index is 0.328. The smallest absolute Gasteiger partial charge is 0.0572 e. The van der Waals surface area contributed by atoms with Gasteiger partial charge < -0.3 is 10.2 Å². The molecule has 1 aromatic heterocycles. The normalized spacial score (nSPS) is 25.4. The summed E-state index contributed by atoms with van der Waals surface area (Å²) in [5, 5.41) is 4.79. The molecule has 0 bridgehead atoms.